The zero-order chi connectivity index (χ0) is 14.7. The molecule has 6 heteroatoms. The standard InChI is InChI=1S/C14H16N4O2/c1-8-6-12(19)18-13(16-8)10-4-3-5-11(7-10)17-14(20)9(2)15/h3-7,9H,15H2,1-2H3,(H,17,20)(H,16,18,19). The van der Waals surface area contributed by atoms with E-state index in [4.69, 9.17) is 5.73 Å². The Balaban J connectivity index is 2.34. The Morgan fingerprint density at radius 3 is 2.80 bits per heavy atom. The number of nitrogens with one attached hydrogen (secondary N) is 2. The van der Waals surface area contributed by atoms with Gasteiger partial charge in [-0.05, 0) is 26.0 Å². The maximum atomic E-state index is 11.6. The predicted octanol–water partition coefficient (Wildman–Crippen LogP) is 1.03. The van der Waals surface area contributed by atoms with E-state index in [0.29, 0.717) is 22.8 Å². The van der Waals surface area contributed by atoms with Gasteiger partial charge in [0.05, 0.1) is 6.04 Å². The lowest BCUT2D eigenvalue weighted by molar-refractivity contribution is -0.117. The molecule has 2 aromatic rings. The van der Waals surface area contributed by atoms with Gasteiger partial charge in [-0.3, -0.25) is 9.59 Å². The van der Waals surface area contributed by atoms with E-state index in [-0.39, 0.29) is 11.5 Å². The van der Waals surface area contributed by atoms with Gasteiger partial charge in [-0.2, -0.15) is 0 Å². The van der Waals surface area contributed by atoms with Crippen molar-refractivity contribution in [3.8, 4) is 11.4 Å². The smallest absolute Gasteiger partial charge is 0.251 e. The fraction of sp³-hybridized carbons (Fsp3) is 0.214. The number of H-pyrrole nitrogens is 1. The van der Waals surface area contributed by atoms with Crippen molar-refractivity contribution in [2.24, 2.45) is 5.73 Å². The van der Waals surface area contributed by atoms with Crippen LogP contribution in [0.15, 0.2) is 35.1 Å². The van der Waals surface area contributed by atoms with Crippen LogP contribution in [0, 0.1) is 6.92 Å². The molecule has 0 fully saturated rings. The minimum Gasteiger partial charge on any atom is -0.325 e. The van der Waals surface area contributed by atoms with Crippen molar-refractivity contribution in [3.05, 3.63) is 46.4 Å². The highest BCUT2D eigenvalue weighted by atomic mass is 16.2. The summed E-state index contributed by atoms with van der Waals surface area (Å²) in [4.78, 5) is 29.9. The third-order valence-electron chi connectivity index (χ3n) is 2.69. The molecule has 20 heavy (non-hydrogen) atoms. The summed E-state index contributed by atoms with van der Waals surface area (Å²) < 4.78 is 0. The fourth-order valence-electron chi connectivity index (χ4n) is 1.72. The van der Waals surface area contributed by atoms with Crippen LogP contribution in [-0.4, -0.2) is 21.9 Å². The van der Waals surface area contributed by atoms with E-state index in [2.05, 4.69) is 15.3 Å². The Morgan fingerprint density at radius 1 is 1.40 bits per heavy atom. The van der Waals surface area contributed by atoms with Crippen LogP contribution >= 0.6 is 0 Å². The van der Waals surface area contributed by atoms with E-state index in [1.165, 1.54) is 6.07 Å². The predicted molar refractivity (Wildman–Crippen MR) is 77.3 cm³/mol. The number of hydrogen-bond acceptors (Lipinski definition) is 4. The maximum Gasteiger partial charge on any atom is 0.251 e. The molecule has 0 aliphatic heterocycles. The van der Waals surface area contributed by atoms with Gasteiger partial charge in [0, 0.05) is 23.0 Å². The zero-order valence-corrected chi connectivity index (χ0v) is 11.3. The number of benzene rings is 1. The molecule has 0 radical (unpaired) electrons. The number of aromatic nitrogens is 2. The summed E-state index contributed by atoms with van der Waals surface area (Å²) in [6, 6.07) is 7.89. The van der Waals surface area contributed by atoms with E-state index >= 15 is 0 Å². The Labute approximate surface area is 116 Å². The third-order valence-corrected chi connectivity index (χ3v) is 2.69. The molecule has 1 aromatic carbocycles. The first kappa shape index (κ1) is 14.0. The summed E-state index contributed by atoms with van der Waals surface area (Å²) in [6.07, 6.45) is 0. The van der Waals surface area contributed by atoms with Gasteiger partial charge >= 0.3 is 0 Å². The van der Waals surface area contributed by atoms with Gasteiger partial charge in [-0.15, -0.1) is 0 Å². The maximum absolute atomic E-state index is 11.6. The largest absolute Gasteiger partial charge is 0.325 e. The monoisotopic (exact) mass is 272 g/mol. The molecule has 0 bridgehead atoms. The molecule has 1 heterocycles. The number of hydrogen-bond donors (Lipinski definition) is 3. The molecule has 1 amide bonds. The van der Waals surface area contributed by atoms with Gasteiger partial charge in [0.2, 0.25) is 5.91 Å². The molecule has 0 saturated carbocycles. The Kier molecular flexibility index (Phi) is 3.95. The van der Waals surface area contributed by atoms with Crippen LogP contribution in [0.5, 0.6) is 0 Å². The summed E-state index contributed by atoms with van der Waals surface area (Å²) in [7, 11) is 0. The van der Waals surface area contributed by atoms with E-state index in [9.17, 15) is 9.59 Å². The molecular formula is C14H16N4O2. The average molecular weight is 272 g/mol. The number of amides is 1. The molecule has 6 nitrogen and oxygen atoms in total. The number of nitrogens with two attached hydrogens (primary N) is 1. The quantitative estimate of drug-likeness (QED) is 0.776. The number of carbonyl (C=O) groups is 1. The van der Waals surface area contributed by atoms with Crippen LogP contribution in [0.1, 0.15) is 12.6 Å². The number of anilines is 1. The molecular weight excluding hydrogens is 256 g/mol. The summed E-state index contributed by atoms with van der Waals surface area (Å²) in [5.74, 6) is 0.194. The van der Waals surface area contributed by atoms with Crippen molar-refractivity contribution < 1.29 is 4.79 Å². The van der Waals surface area contributed by atoms with Crippen molar-refractivity contribution in [2.75, 3.05) is 5.32 Å². The molecule has 0 spiro atoms. The van der Waals surface area contributed by atoms with Gasteiger partial charge in [-0.1, -0.05) is 12.1 Å². The molecule has 1 atom stereocenters. The van der Waals surface area contributed by atoms with Crippen LogP contribution in [0.25, 0.3) is 11.4 Å². The zero-order valence-electron chi connectivity index (χ0n) is 11.3. The Hall–Kier alpha value is -2.47. The average Bonchev–Trinajstić information content (AvgIpc) is 2.37. The SMILES string of the molecule is Cc1cc(=O)[nH]c(-c2cccc(NC(=O)C(C)N)c2)n1. The minimum atomic E-state index is -0.587. The number of rotatable bonds is 3. The van der Waals surface area contributed by atoms with E-state index in [0.717, 1.165) is 0 Å². The normalized spacial score (nSPS) is 11.9. The first-order chi connectivity index (χ1) is 9.45. The van der Waals surface area contributed by atoms with Crippen molar-refractivity contribution >= 4 is 11.6 Å². The molecule has 1 unspecified atom stereocenters. The van der Waals surface area contributed by atoms with Crippen molar-refractivity contribution in [3.63, 3.8) is 0 Å². The molecule has 4 N–H and O–H groups in total. The summed E-state index contributed by atoms with van der Waals surface area (Å²) in [5.41, 5.74) is 7.24. The van der Waals surface area contributed by atoms with Crippen LogP contribution in [0.4, 0.5) is 5.69 Å². The van der Waals surface area contributed by atoms with E-state index in [1.54, 1.807) is 38.1 Å². The number of aromatic amines is 1. The summed E-state index contributed by atoms with van der Waals surface area (Å²) in [5, 5.41) is 2.70. The van der Waals surface area contributed by atoms with E-state index in [1.807, 2.05) is 0 Å². The van der Waals surface area contributed by atoms with Crippen molar-refractivity contribution in [1.82, 2.24) is 9.97 Å². The highest BCUT2D eigenvalue weighted by Crippen LogP contribution is 2.18. The first-order valence-corrected chi connectivity index (χ1v) is 6.20. The van der Waals surface area contributed by atoms with Crippen LogP contribution in [0.3, 0.4) is 0 Å². The number of nitrogens with zero attached hydrogens (tertiary/aromatic N) is 1. The minimum absolute atomic E-state index is 0.211. The molecule has 0 aliphatic carbocycles. The van der Waals surface area contributed by atoms with Gasteiger partial charge < -0.3 is 16.0 Å². The van der Waals surface area contributed by atoms with Crippen LogP contribution in [0.2, 0.25) is 0 Å². The van der Waals surface area contributed by atoms with Crippen LogP contribution < -0.4 is 16.6 Å². The second kappa shape index (κ2) is 5.66. The second-order valence-corrected chi connectivity index (χ2v) is 4.59. The molecule has 2 rings (SSSR count). The molecule has 0 saturated heterocycles. The highest BCUT2D eigenvalue weighted by molar-refractivity contribution is 5.94. The fourth-order valence-corrected chi connectivity index (χ4v) is 1.72. The lowest BCUT2D eigenvalue weighted by Crippen LogP contribution is -2.32. The van der Waals surface area contributed by atoms with Crippen molar-refractivity contribution in [2.45, 2.75) is 19.9 Å². The first-order valence-electron chi connectivity index (χ1n) is 6.20. The Morgan fingerprint density at radius 2 is 2.15 bits per heavy atom. The molecule has 104 valence electrons. The lowest BCUT2D eigenvalue weighted by Gasteiger charge is -2.09. The van der Waals surface area contributed by atoms with Crippen LogP contribution in [-0.2, 0) is 4.79 Å². The third kappa shape index (κ3) is 3.30. The summed E-state index contributed by atoms with van der Waals surface area (Å²) in [6.45, 7) is 3.36. The lowest BCUT2D eigenvalue weighted by atomic mass is 10.1. The number of carbonyl (C=O) groups excluding carboxylic acids is 1. The van der Waals surface area contributed by atoms with Gasteiger partial charge in [0.25, 0.3) is 5.56 Å². The topological polar surface area (TPSA) is 101 Å². The number of aryl methyl sites for hydroxylation is 1. The highest BCUT2D eigenvalue weighted by Gasteiger charge is 2.08. The summed E-state index contributed by atoms with van der Waals surface area (Å²) >= 11 is 0. The van der Waals surface area contributed by atoms with Gasteiger partial charge in [0.1, 0.15) is 5.82 Å². The van der Waals surface area contributed by atoms with Gasteiger partial charge in [-0.25, -0.2) is 4.98 Å². The van der Waals surface area contributed by atoms with E-state index < -0.39 is 6.04 Å². The van der Waals surface area contributed by atoms with Gasteiger partial charge in [0.15, 0.2) is 0 Å². The molecule has 1 aromatic heterocycles. The van der Waals surface area contributed by atoms with Crippen molar-refractivity contribution in [1.29, 1.82) is 0 Å². The second-order valence-electron chi connectivity index (χ2n) is 4.59. The Bertz CT molecular complexity index is 692. The molecule has 0 aliphatic rings.